The van der Waals surface area contributed by atoms with Crippen molar-refractivity contribution in [2.24, 2.45) is 0 Å². The Hall–Kier alpha value is -1.93. The Bertz CT molecular complexity index is 696. The van der Waals surface area contributed by atoms with Crippen molar-refractivity contribution in [3.05, 3.63) is 54.7 Å². The molecule has 1 aliphatic heterocycles. The van der Waals surface area contributed by atoms with Gasteiger partial charge in [0.15, 0.2) is 0 Å². The van der Waals surface area contributed by atoms with Gasteiger partial charge in [-0.15, -0.1) is 0 Å². The fraction of sp³-hybridized carbons (Fsp3) is 0.368. The van der Waals surface area contributed by atoms with Crippen molar-refractivity contribution in [2.45, 2.75) is 9.96 Å². The molecular formula is C19H23N3O3S. The van der Waals surface area contributed by atoms with Gasteiger partial charge in [0.25, 0.3) is 5.91 Å². The van der Waals surface area contributed by atoms with E-state index in [4.69, 9.17) is 9.47 Å². The van der Waals surface area contributed by atoms with Crippen LogP contribution in [0, 0.1) is 0 Å². The van der Waals surface area contributed by atoms with Crippen molar-refractivity contribution in [1.82, 2.24) is 9.88 Å². The Balaban J connectivity index is 1.83. The van der Waals surface area contributed by atoms with Gasteiger partial charge >= 0.3 is 0 Å². The average Bonchev–Trinajstić information content (AvgIpc) is 2.70. The topological polar surface area (TPSA) is 63.7 Å². The number of rotatable bonds is 7. The van der Waals surface area contributed by atoms with E-state index in [2.05, 4.69) is 15.2 Å². The van der Waals surface area contributed by atoms with Crippen LogP contribution in [0.4, 0.5) is 5.69 Å². The van der Waals surface area contributed by atoms with Crippen molar-refractivity contribution in [3.63, 3.8) is 0 Å². The summed E-state index contributed by atoms with van der Waals surface area (Å²) in [5, 5.41) is 3.71. The van der Waals surface area contributed by atoms with E-state index in [0.29, 0.717) is 19.8 Å². The summed E-state index contributed by atoms with van der Waals surface area (Å²) in [6.45, 7) is 3.31. The van der Waals surface area contributed by atoms with E-state index < -0.39 is 4.93 Å². The van der Waals surface area contributed by atoms with Crippen LogP contribution in [0.2, 0.25) is 0 Å². The molecule has 26 heavy (non-hydrogen) atoms. The van der Waals surface area contributed by atoms with E-state index in [0.717, 1.165) is 23.8 Å². The van der Waals surface area contributed by atoms with Crippen LogP contribution in [-0.2, 0) is 14.3 Å². The Morgan fingerprint density at radius 1 is 1.23 bits per heavy atom. The number of para-hydroxylation sites is 1. The molecule has 1 fully saturated rings. The predicted octanol–water partition coefficient (Wildman–Crippen LogP) is 2.49. The number of benzene rings is 1. The molecular weight excluding hydrogens is 350 g/mol. The van der Waals surface area contributed by atoms with Gasteiger partial charge in [-0.3, -0.25) is 9.69 Å². The molecule has 1 N–H and O–H groups in total. The van der Waals surface area contributed by atoms with Crippen LogP contribution >= 0.6 is 11.8 Å². The zero-order valence-electron chi connectivity index (χ0n) is 14.8. The molecule has 0 bridgehead atoms. The highest BCUT2D eigenvalue weighted by atomic mass is 32.2. The molecule has 1 aliphatic rings. The molecule has 0 aliphatic carbocycles. The maximum atomic E-state index is 13.2. The third-order valence-corrected chi connectivity index (χ3v) is 5.41. The molecule has 1 unspecified atom stereocenters. The van der Waals surface area contributed by atoms with Crippen molar-refractivity contribution >= 4 is 23.4 Å². The standard InChI is InChI=1S/C19H23N3O3S/c1-24-19(15-22-11-13-25-14-12-22,26-17-9-5-6-10-20-17)18(23)21-16-7-3-2-4-8-16/h2-10H,11-15H2,1H3,(H,21,23). The minimum absolute atomic E-state index is 0.201. The summed E-state index contributed by atoms with van der Waals surface area (Å²) >= 11 is 1.33. The Morgan fingerprint density at radius 2 is 1.96 bits per heavy atom. The lowest BCUT2D eigenvalue weighted by molar-refractivity contribution is -0.130. The fourth-order valence-corrected chi connectivity index (χ4v) is 3.80. The SMILES string of the molecule is COC(CN1CCOCC1)(Sc1ccccn1)C(=O)Nc1ccccc1. The summed E-state index contributed by atoms with van der Waals surface area (Å²) in [5.74, 6) is -0.201. The van der Waals surface area contributed by atoms with E-state index in [9.17, 15) is 4.79 Å². The fourth-order valence-electron chi connectivity index (χ4n) is 2.73. The minimum atomic E-state index is -1.11. The summed E-state index contributed by atoms with van der Waals surface area (Å²) in [7, 11) is 1.57. The van der Waals surface area contributed by atoms with Gasteiger partial charge in [-0.25, -0.2) is 4.98 Å². The summed E-state index contributed by atoms with van der Waals surface area (Å²) < 4.78 is 11.2. The van der Waals surface area contributed by atoms with Gasteiger partial charge < -0.3 is 14.8 Å². The molecule has 2 heterocycles. The number of methoxy groups -OCH3 is 1. The zero-order chi connectivity index (χ0) is 18.2. The molecule has 7 heteroatoms. The van der Waals surface area contributed by atoms with Crippen LogP contribution in [-0.4, -0.2) is 60.7 Å². The van der Waals surface area contributed by atoms with E-state index in [1.165, 1.54) is 11.8 Å². The maximum Gasteiger partial charge on any atom is 0.268 e. The van der Waals surface area contributed by atoms with Crippen LogP contribution in [0.25, 0.3) is 0 Å². The second kappa shape index (κ2) is 9.14. The van der Waals surface area contributed by atoms with E-state index in [1.807, 2.05) is 48.5 Å². The van der Waals surface area contributed by atoms with Gasteiger partial charge in [0, 0.05) is 38.6 Å². The molecule has 1 amide bonds. The number of pyridine rings is 1. The number of carbonyl (C=O) groups is 1. The number of ether oxygens (including phenoxy) is 2. The number of thioether (sulfide) groups is 1. The van der Waals surface area contributed by atoms with Crippen LogP contribution in [0.3, 0.4) is 0 Å². The number of nitrogens with zero attached hydrogens (tertiary/aromatic N) is 2. The summed E-state index contributed by atoms with van der Waals surface area (Å²) in [6, 6.07) is 15.0. The maximum absolute atomic E-state index is 13.2. The average molecular weight is 373 g/mol. The van der Waals surface area contributed by atoms with Gasteiger partial charge in [-0.05, 0) is 24.3 Å². The first-order valence-corrected chi connectivity index (χ1v) is 9.35. The molecule has 0 spiro atoms. The minimum Gasteiger partial charge on any atom is -0.379 e. The number of morpholine rings is 1. The molecule has 0 radical (unpaired) electrons. The first kappa shape index (κ1) is 18.8. The third kappa shape index (κ3) is 4.82. The normalized spacial score (nSPS) is 17.4. The van der Waals surface area contributed by atoms with Gasteiger partial charge in [-0.1, -0.05) is 36.0 Å². The molecule has 1 aromatic heterocycles. The van der Waals surface area contributed by atoms with Gasteiger partial charge in [0.1, 0.15) is 0 Å². The Labute approximate surface area is 157 Å². The summed E-state index contributed by atoms with van der Waals surface area (Å²) in [4.78, 5) is 18.6. The molecule has 1 saturated heterocycles. The largest absolute Gasteiger partial charge is 0.379 e. The molecule has 1 atom stereocenters. The lowest BCUT2D eigenvalue weighted by atomic mass is 10.2. The highest BCUT2D eigenvalue weighted by Gasteiger charge is 2.42. The molecule has 2 aromatic rings. The first-order chi connectivity index (χ1) is 12.7. The monoisotopic (exact) mass is 373 g/mol. The number of amides is 1. The highest BCUT2D eigenvalue weighted by molar-refractivity contribution is 8.01. The van der Waals surface area contributed by atoms with Crippen LogP contribution in [0.1, 0.15) is 0 Å². The smallest absolute Gasteiger partial charge is 0.268 e. The Morgan fingerprint density at radius 3 is 2.62 bits per heavy atom. The van der Waals surface area contributed by atoms with E-state index in [-0.39, 0.29) is 5.91 Å². The molecule has 0 saturated carbocycles. The molecule has 3 rings (SSSR count). The third-order valence-electron chi connectivity index (χ3n) is 4.15. The van der Waals surface area contributed by atoms with E-state index >= 15 is 0 Å². The number of anilines is 1. The Kier molecular flexibility index (Phi) is 6.62. The lowest BCUT2D eigenvalue weighted by Crippen LogP contribution is -2.53. The van der Waals surface area contributed by atoms with Gasteiger partial charge in [0.05, 0.1) is 18.2 Å². The van der Waals surface area contributed by atoms with Crippen molar-refractivity contribution < 1.29 is 14.3 Å². The van der Waals surface area contributed by atoms with Crippen molar-refractivity contribution in [3.8, 4) is 0 Å². The number of hydrogen-bond donors (Lipinski definition) is 1. The number of nitrogens with one attached hydrogen (secondary N) is 1. The summed E-state index contributed by atoms with van der Waals surface area (Å²) in [5.41, 5.74) is 0.738. The van der Waals surface area contributed by atoms with Crippen molar-refractivity contribution in [2.75, 3.05) is 45.3 Å². The zero-order valence-corrected chi connectivity index (χ0v) is 15.6. The second-order valence-corrected chi connectivity index (χ2v) is 7.22. The lowest BCUT2D eigenvalue weighted by Gasteiger charge is -2.36. The van der Waals surface area contributed by atoms with Crippen LogP contribution < -0.4 is 5.32 Å². The van der Waals surface area contributed by atoms with Crippen LogP contribution in [0.15, 0.2) is 59.8 Å². The number of carbonyl (C=O) groups excluding carboxylic acids is 1. The molecule has 1 aromatic carbocycles. The molecule has 6 nitrogen and oxygen atoms in total. The second-order valence-electron chi connectivity index (χ2n) is 5.94. The van der Waals surface area contributed by atoms with Gasteiger partial charge in [0.2, 0.25) is 4.93 Å². The summed E-state index contributed by atoms with van der Waals surface area (Å²) in [6.07, 6.45) is 1.71. The molecule has 138 valence electrons. The predicted molar refractivity (Wildman–Crippen MR) is 102 cm³/mol. The van der Waals surface area contributed by atoms with E-state index in [1.54, 1.807) is 13.3 Å². The van der Waals surface area contributed by atoms with Gasteiger partial charge in [-0.2, -0.15) is 0 Å². The van der Waals surface area contributed by atoms with Crippen LogP contribution in [0.5, 0.6) is 0 Å². The first-order valence-electron chi connectivity index (χ1n) is 8.54. The van der Waals surface area contributed by atoms with Crippen molar-refractivity contribution in [1.29, 1.82) is 0 Å². The number of hydrogen-bond acceptors (Lipinski definition) is 6. The quantitative estimate of drug-likeness (QED) is 0.594. The number of aromatic nitrogens is 1. The highest BCUT2D eigenvalue weighted by Crippen LogP contribution is 2.35.